The molecule has 1 aromatic heterocycles. The number of aliphatic hydroxyl groups is 1. The van der Waals surface area contributed by atoms with Gasteiger partial charge in [-0.25, -0.2) is 0 Å². The fourth-order valence-corrected chi connectivity index (χ4v) is 5.18. The first-order valence-electron chi connectivity index (χ1n) is 12.4. The van der Waals surface area contributed by atoms with Gasteiger partial charge in [0.2, 0.25) is 5.91 Å². The highest BCUT2D eigenvalue weighted by atomic mass is 16.3. The molecule has 1 heterocycles. The molecule has 0 bridgehead atoms. The molecule has 36 heavy (non-hydrogen) atoms. The molecule has 5 N–H and O–H groups in total. The van der Waals surface area contributed by atoms with E-state index in [2.05, 4.69) is 10.3 Å². The number of rotatable bonds is 7. The molecular formula is C29H36N4O3. The van der Waals surface area contributed by atoms with Gasteiger partial charge in [0.05, 0.1) is 16.7 Å². The molecule has 1 atom stereocenters. The SMILES string of the molecule is Cc1c(NC(=O)/C=C/CN(C)C)cccc1-c1ccc(C(N)=O)c2[nH]c3c(c12)CCC(C(C)(C)O)C3. The van der Waals surface area contributed by atoms with E-state index in [1.165, 1.54) is 5.56 Å². The minimum atomic E-state index is -0.783. The number of nitrogens with one attached hydrogen (secondary N) is 2. The molecule has 2 amide bonds. The van der Waals surface area contributed by atoms with Crippen LogP contribution in [0.2, 0.25) is 0 Å². The zero-order chi connectivity index (χ0) is 26.2. The summed E-state index contributed by atoms with van der Waals surface area (Å²) in [6.07, 6.45) is 5.74. The maximum absolute atomic E-state index is 12.5. The molecule has 0 fully saturated rings. The zero-order valence-corrected chi connectivity index (χ0v) is 21.7. The van der Waals surface area contributed by atoms with Crippen LogP contribution in [0.5, 0.6) is 0 Å². The van der Waals surface area contributed by atoms with E-state index in [4.69, 9.17) is 5.73 Å². The van der Waals surface area contributed by atoms with Crippen LogP contribution in [0.4, 0.5) is 5.69 Å². The number of hydrogen-bond donors (Lipinski definition) is 4. The van der Waals surface area contributed by atoms with Crippen molar-refractivity contribution in [2.75, 3.05) is 26.0 Å². The van der Waals surface area contributed by atoms with Gasteiger partial charge in [0.1, 0.15) is 0 Å². The second-order valence-electron chi connectivity index (χ2n) is 10.6. The number of fused-ring (bicyclic) bond motifs is 3. The van der Waals surface area contributed by atoms with E-state index in [1.807, 2.05) is 70.1 Å². The van der Waals surface area contributed by atoms with Crippen molar-refractivity contribution in [3.8, 4) is 11.1 Å². The number of primary amides is 1. The van der Waals surface area contributed by atoms with Gasteiger partial charge in [0.25, 0.3) is 5.91 Å². The number of benzene rings is 2. The Morgan fingerprint density at radius 1 is 1.22 bits per heavy atom. The van der Waals surface area contributed by atoms with Crippen LogP contribution in [0.1, 0.15) is 47.4 Å². The first-order chi connectivity index (χ1) is 17.0. The summed E-state index contributed by atoms with van der Waals surface area (Å²) >= 11 is 0. The van der Waals surface area contributed by atoms with Gasteiger partial charge in [0.15, 0.2) is 0 Å². The lowest BCUT2D eigenvalue weighted by Gasteiger charge is -2.32. The van der Waals surface area contributed by atoms with E-state index in [0.29, 0.717) is 18.5 Å². The topological polar surface area (TPSA) is 111 Å². The Bertz CT molecular complexity index is 1340. The highest BCUT2D eigenvalue weighted by Crippen LogP contribution is 2.42. The van der Waals surface area contributed by atoms with Crippen LogP contribution in [0, 0.1) is 12.8 Å². The largest absolute Gasteiger partial charge is 0.390 e. The minimum Gasteiger partial charge on any atom is -0.390 e. The first-order valence-corrected chi connectivity index (χ1v) is 12.4. The smallest absolute Gasteiger partial charge is 0.250 e. The first kappa shape index (κ1) is 25.7. The average molecular weight is 489 g/mol. The van der Waals surface area contributed by atoms with Crippen molar-refractivity contribution in [2.45, 2.75) is 45.6 Å². The van der Waals surface area contributed by atoms with Gasteiger partial charge in [-0.15, -0.1) is 0 Å². The van der Waals surface area contributed by atoms with Crippen molar-refractivity contribution in [2.24, 2.45) is 11.7 Å². The van der Waals surface area contributed by atoms with E-state index in [-0.39, 0.29) is 11.8 Å². The summed E-state index contributed by atoms with van der Waals surface area (Å²) in [4.78, 5) is 30.2. The standard InChI is InChI=1S/C29H36N4O3/c1-17-19(8-6-9-23(17)31-25(34)10-7-15-33(4)5)20-13-14-22(28(30)35)27-26(20)21-12-11-18(29(2,3)36)16-24(21)32-27/h6-10,13-14,18,32,36H,11-12,15-16H2,1-5H3,(H2,30,35)(H,31,34)/b10-7+. The summed E-state index contributed by atoms with van der Waals surface area (Å²) in [6.45, 7) is 6.38. The molecule has 1 unspecified atom stereocenters. The normalized spacial score (nSPS) is 16.0. The summed E-state index contributed by atoms with van der Waals surface area (Å²) in [5, 5.41) is 14.6. The highest BCUT2D eigenvalue weighted by molar-refractivity contribution is 6.11. The molecule has 0 saturated heterocycles. The van der Waals surface area contributed by atoms with E-state index in [9.17, 15) is 14.7 Å². The van der Waals surface area contributed by atoms with E-state index in [0.717, 1.165) is 51.8 Å². The number of amides is 2. The van der Waals surface area contributed by atoms with Crippen LogP contribution in [0.15, 0.2) is 42.5 Å². The second-order valence-corrected chi connectivity index (χ2v) is 10.6. The predicted octanol–water partition coefficient (Wildman–Crippen LogP) is 4.17. The molecule has 4 rings (SSSR count). The van der Waals surface area contributed by atoms with Gasteiger partial charge in [-0.1, -0.05) is 24.3 Å². The lowest BCUT2D eigenvalue weighted by Crippen LogP contribution is -2.34. The highest BCUT2D eigenvalue weighted by Gasteiger charge is 2.33. The third kappa shape index (κ3) is 5.08. The molecule has 190 valence electrons. The maximum Gasteiger partial charge on any atom is 0.250 e. The van der Waals surface area contributed by atoms with Gasteiger partial charge in [-0.05, 0) is 94.4 Å². The van der Waals surface area contributed by atoms with Crippen molar-refractivity contribution in [1.82, 2.24) is 9.88 Å². The van der Waals surface area contributed by atoms with E-state index < -0.39 is 11.5 Å². The molecule has 1 aliphatic rings. The fourth-order valence-electron chi connectivity index (χ4n) is 5.18. The Kier molecular flexibility index (Phi) is 7.07. The number of H-pyrrole nitrogens is 1. The lowest BCUT2D eigenvalue weighted by molar-refractivity contribution is -0.111. The zero-order valence-electron chi connectivity index (χ0n) is 21.7. The minimum absolute atomic E-state index is 0.124. The summed E-state index contributed by atoms with van der Waals surface area (Å²) in [7, 11) is 3.90. The quantitative estimate of drug-likeness (QED) is 0.374. The van der Waals surface area contributed by atoms with Crippen LogP contribution in [-0.4, -0.2) is 53.0 Å². The van der Waals surface area contributed by atoms with Crippen molar-refractivity contribution in [1.29, 1.82) is 0 Å². The monoisotopic (exact) mass is 488 g/mol. The lowest BCUT2D eigenvalue weighted by atomic mass is 9.77. The summed E-state index contributed by atoms with van der Waals surface area (Å²) in [5.41, 5.74) is 12.0. The van der Waals surface area contributed by atoms with Gasteiger partial charge >= 0.3 is 0 Å². The predicted molar refractivity (Wildman–Crippen MR) is 145 cm³/mol. The fraction of sp³-hybridized carbons (Fsp3) is 0.379. The van der Waals surface area contributed by atoms with Gasteiger partial charge < -0.3 is 26.0 Å². The summed E-state index contributed by atoms with van der Waals surface area (Å²) in [6, 6.07) is 9.58. The molecule has 0 radical (unpaired) electrons. The number of aromatic nitrogens is 1. The molecule has 2 aromatic carbocycles. The maximum atomic E-state index is 12.5. The number of aryl methyl sites for hydroxylation is 1. The third-order valence-electron chi connectivity index (χ3n) is 7.23. The molecule has 0 saturated carbocycles. The number of carbonyl (C=O) groups is 2. The van der Waals surface area contributed by atoms with Crippen molar-refractivity contribution >= 4 is 28.4 Å². The molecule has 7 heteroatoms. The number of carbonyl (C=O) groups excluding carboxylic acids is 2. The van der Waals surface area contributed by atoms with E-state index >= 15 is 0 Å². The number of anilines is 1. The Morgan fingerprint density at radius 3 is 2.64 bits per heavy atom. The molecule has 0 spiro atoms. The number of aromatic amines is 1. The number of nitrogens with zero attached hydrogens (tertiary/aromatic N) is 1. The number of likely N-dealkylation sites (N-methyl/N-ethyl adjacent to an activating group) is 1. The number of nitrogens with two attached hydrogens (primary N) is 1. The Morgan fingerprint density at radius 2 is 1.97 bits per heavy atom. The van der Waals surface area contributed by atoms with Crippen molar-refractivity contribution < 1.29 is 14.7 Å². The Hall–Kier alpha value is -3.42. The van der Waals surface area contributed by atoms with E-state index in [1.54, 1.807) is 12.1 Å². The third-order valence-corrected chi connectivity index (χ3v) is 7.23. The molecule has 0 aliphatic heterocycles. The number of hydrogen-bond acceptors (Lipinski definition) is 4. The summed E-state index contributed by atoms with van der Waals surface area (Å²) in [5.74, 6) is -0.534. The molecule has 7 nitrogen and oxygen atoms in total. The molecular weight excluding hydrogens is 452 g/mol. The van der Waals surface area contributed by atoms with Crippen LogP contribution < -0.4 is 11.1 Å². The Labute approximate surface area is 212 Å². The van der Waals surface area contributed by atoms with Crippen LogP contribution in [0.25, 0.3) is 22.0 Å². The Balaban J connectivity index is 1.79. The second kappa shape index (κ2) is 9.91. The van der Waals surface area contributed by atoms with Crippen LogP contribution in [0.3, 0.4) is 0 Å². The molecule has 3 aromatic rings. The van der Waals surface area contributed by atoms with Gasteiger partial charge in [-0.3, -0.25) is 9.59 Å². The van der Waals surface area contributed by atoms with Crippen LogP contribution >= 0.6 is 0 Å². The van der Waals surface area contributed by atoms with Gasteiger partial charge in [-0.2, -0.15) is 0 Å². The van der Waals surface area contributed by atoms with Crippen molar-refractivity contribution in [3.05, 3.63) is 64.9 Å². The summed E-state index contributed by atoms with van der Waals surface area (Å²) < 4.78 is 0. The van der Waals surface area contributed by atoms with Crippen LogP contribution in [-0.2, 0) is 17.6 Å². The molecule has 1 aliphatic carbocycles. The van der Waals surface area contributed by atoms with Crippen molar-refractivity contribution in [3.63, 3.8) is 0 Å². The van der Waals surface area contributed by atoms with Gasteiger partial charge in [0, 0.05) is 29.4 Å². The average Bonchev–Trinajstić information content (AvgIpc) is 3.18.